The minimum Gasteiger partial charge on any atom is -0.492 e. The number of aryl methyl sites for hydroxylation is 2. The molecule has 0 aliphatic carbocycles. The summed E-state index contributed by atoms with van der Waals surface area (Å²) in [4.78, 5) is 26.8. The van der Waals surface area contributed by atoms with E-state index in [0.29, 0.717) is 35.9 Å². The number of nitrogens with one attached hydrogen (secondary N) is 1. The lowest BCUT2D eigenvalue weighted by Crippen LogP contribution is -2.53. The first-order valence-electron chi connectivity index (χ1n) is 15.7. The lowest BCUT2D eigenvalue weighted by molar-refractivity contribution is -0.244. The molecule has 4 aromatic heterocycles. The van der Waals surface area contributed by atoms with Crippen LogP contribution in [0.2, 0.25) is 0 Å². The zero-order valence-electron chi connectivity index (χ0n) is 27.1. The lowest BCUT2D eigenvalue weighted by atomic mass is 10.1. The second kappa shape index (κ2) is 13.2. The molecule has 2 N–H and O–H groups in total. The fourth-order valence-corrected chi connectivity index (χ4v) is 5.78. The normalized spacial score (nSPS) is 15.4. The molecule has 1 aromatic carbocycles. The standard InChI is InChI=1S/C34H42N8O4/c1-23-8-6-9-25(36-23)22-42-28-11-7-10-27(31(28)24(2)38-42)37-32(43)29-21-35-30-20-26(12-13-41(29)30)45-19-18-39-14-16-40(17-15-39)33(44)46-34(3,4)5/h6-13,20-21,33,44H,14-19,22H2,1-5H3,(H,37,43). The number of piperazine rings is 1. The van der Waals surface area contributed by atoms with Crippen LogP contribution >= 0.6 is 0 Å². The van der Waals surface area contributed by atoms with Crippen molar-refractivity contribution in [1.82, 2.24) is 33.9 Å². The molecule has 1 aliphatic rings. The second-order valence-electron chi connectivity index (χ2n) is 12.7. The summed E-state index contributed by atoms with van der Waals surface area (Å²) in [5, 5.41) is 19.1. The predicted molar refractivity (Wildman–Crippen MR) is 176 cm³/mol. The smallest absolute Gasteiger partial charge is 0.274 e. The molecule has 1 amide bonds. The molecule has 1 fully saturated rings. The first-order chi connectivity index (χ1) is 22.0. The highest BCUT2D eigenvalue weighted by atomic mass is 16.6. The van der Waals surface area contributed by atoms with Gasteiger partial charge < -0.3 is 19.9 Å². The third-order valence-electron chi connectivity index (χ3n) is 8.03. The zero-order valence-corrected chi connectivity index (χ0v) is 27.1. The van der Waals surface area contributed by atoms with E-state index in [1.807, 2.05) is 92.7 Å². The molecule has 46 heavy (non-hydrogen) atoms. The molecule has 5 aromatic rings. The average Bonchev–Trinajstić information content (AvgIpc) is 3.57. The Morgan fingerprint density at radius 2 is 1.85 bits per heavy atom. The number of benzene rings is 1. The van der Waals surface area contributed by atoms with E-state index in [9.17, 15) is 9.90 Å². The fraction of sp³-hybridized carbons (Fsp3) is 0.412. The molecule has 1 aliphatic heterocycles. The van der Waals surface area contributed by atoms with Crippen molar-refractivity contribution in [3.05, 3.63) is 83.7 Å². The van der Waals surface area contributed by atoms with E-state index in [1.165, 1.54) is 0 Å². The largest absolute Gasteiger partial charge is 0.492 e. The van der Waals surface area contributed by atoms with Gasteiger partial charge in [-0.1, -0.05) is 12.1 Å². The number of carbonyl (C=O) groups excluding carboxylic acids is 1. The summed E-state index contributed by atoms with van der Waals surface area (Å²) < 4.78 is 15.4. The highest BCUT2D eigenvalue weighted by Crippen LogP contribution is 2.28. The Bertz CT molecular complexity index is 1830. The van der Waals surface area contributed by atoms with E-state index in [-0.39, 0.29) is 5.91 Å². The SMILES string of the molecule is Cc1cccc(Cn2nc(C)c3c(NC(=O)c4cnc5cc(OCCN6CCN(C(O)OC(C)(C)C)CC6)ccn45)cccc32)n1. The maximum atomic E-state index is 13.5. The van der Waals surface area contributed by atoms with Gasteiger partial charge in [0.05, 0.1) is 40.9 Å². The third kappa shape index (κ3) is 7.20. The number of ether oxygens (including phenoxy) is 2. The number of nitrogens with zero attached hydrogens (tertiary/aromatic N) is 7. The van der Waals surface area contributed by atoms with Crippen LogP contribution in [0.25, 0.3) is 16.6 Å². The van der Waals surface area contributed by atoms with Gasteiger partial charge in [-0.15, -0.1) is 0 Å². The van der Waals surface area contributed by atoms with Crippen molar-refractivity contribution in [1.29, 1.82) is 0 Å². The molecule has 1 unspecified atom stereocenters. The van der Waals surface area contributed by atoms with E-state index in [0.717, 1.165) is 60.7 Å². The number of rotatable bonds is 10. The highest BCUT2D eigenvalue weighted by molar-refractivity contribution is 6.08. The van der Waals surface area contributed by atoms with Gasteiger partial charge in [0.25, 0.3) is 5.91 Å². The molecule has 12 heteroatoms. The monoisotopic (exact) mass is 626 g/mol. The number of anilines is 1. The Balaban J connectivity index is 1.06. The zero-order chi connectivity index (χ0) is 32.4. The van der Waals surface area contributed by atoms with Crippen LogP contribution in [-0.4, -0.2) is 96.3 Å². The number of hydrogen-bond donors (Lipinski definition) is 2. The van der Waals surface area contributed by atoms with Gasteiger partial charge >= 0.3 is 0 Å². The van der Waals surface area contributed by atoms with Gasteiger partial charge in [0.2, 0.25) is 6.41 Å². The van der Waals surface area contributed by atoms with Crippen LogP contribution in [0.15, 0.2) is 60.9 Å². The molecule has 12 nitrogen and oxygen atoms in total. The average molecular weight is 627 g/mol. The number of aromatic nitrogens is 5. The second-order valence-corrected chi connectivity index (χ2v) is 12.7. The van der Waals surface area contributed by atoms with Crippen LogP contribution < -0.4 is 10.1 Å². The first-order valence-corrected chi connectivity index (χ1v) is 15.7. The van der Waals surface area contributed by atoms with Crippen LogP contribution in [0, 0.1) is 13.8 Å². The van der Waals surface area contributed by atoms with Crippen molar-refractivity contribution < 1.29 is 19.4 Å². The number of pyridine rings is 2. The molecule has 1 saturated heterocycles. The molecule has 0 spiro atoms. The van der Waals surface area contributed by atoms with Crippen LogP contribution in [0.3, 0.4) is 0 Å². The van der Waals surface area contributed by atoms with E-state index < -0.39 is 12.0 Å². The van der Waals surface area contributed by atoms with Gasteiger partial charge in [0.1, 0.15) is 23.7 Å². The minimum atomic E-state index is -0.893. The van der Waals surface area contributed by atoms with Gasteiger partial charge in [-0.25, -0.2) is 4.98 Å². The number of imidazole rings is 1. The summed E-state index contributed by atoms with van der Waals surface area (Å²) >= 11 is 0. The third-order valence-corrected chi connectivity index (χ3v) is 8.03. The van der Waals surface area contributed by atoms with Crippen molar-refractivity contribution >= 4 is 28.1 Å². The van der Waals surface area contributed by atoms with Crippen molar-refractivity contribution in [2.75, 3.05) is 44.6 Å². The number of amides is 1. The number of hydrogen-bond acceptors (Lipinski definition) is 9. The maximum absolute atomic E-state index is 13.5. The van der Waals surface area contributed by atoms with Crippen LogP contribution in [-0.2, 0) is 11.3 Å². The number of aliphatic hydroxyl groups is 1. The molecule has 0 radical (unpaired) electrons. The van der Waals surface area contributed by atoms with E-state index >= 15 is 0 Å². The van der Waals surface area contributed by atoms with Crippen molar-refractivity contribution in [2.45, 2.75) is 53.2 Å². The Morgan fingerprint density at radius 1 is 1.07 bits per heavy atom. The fourth-order valence-electron chi connectivity index (χ4n) is 5.78. The van der Waals surface area contributed by atoms with E-state index in [1.54, 1.807) is 16.8 Å². The summed E-state index contributed by atoms with van der Waals surface area (Å²) in [6.07, 6.45) is 2.49. The molecule has 1 atom stereocenters. The summed E-state index contributed by atoms with van der Waals surface area (Å²) in [6, 6.07) is 15.4. The van der Waals surface area contributed by atoms with Crippen molar-refractivity contribution in [3.8, 4) is 5.75 Å². The highest BCUT2D eigenvalue weighted by Gasteiger charge is 2.26. The summed E-state index contributed by atoms with van der Waals surface area (Å²) in [5.41, 5.74) is 4.97. The first kappa shape index (κ1) is 31.6. The molecule has 0 bridgehead atoms. The quantitative estimate of drug-likeness (QED) is 0.221. The molecule has 242 valence electrons. The summed E-state index contributed by atoms with van der Waals surface area (Å²) in [6.45, 7) is 14.6. The molecule has 0 saturated carbocycles. The van der Waals surface area contributed by atoms with Gasteiger partial charge in [0.15, 0.2) is 0 Å². The van der Waals surface area contributed by atoms with Crippen LogP contribution in [0.5, 0.6) is 5.75 Å². The number of carbonyl (C=O) groups is 1. The van der Waals surface area contributed by atoms with Crippen LogP contribution in [0.1, 0.15) is 48.3 Å². The molecule has 5 heterocycles. The molecular formula is C34H42N8O4. The predicted octanol–water partition coefficient (Wildman–Crippen LogP) is 4.08. The minimum absolute atomic E-state index is 0.265. The van der Waals surface area contributed by atoms with Crippen molar-refractivity contribution in [3.63, 3.8) is 0 Å². The Morgan fingerprint density at radius 3 is 2.61 bits per heavy atom. The van der Waals surface area contributed by atoms with Gasteiger partial charge in [0, 0.05) is 56.1 Å². The lowest BCUT2D eigenvalue weighted by Gasteiger charge is -2.38. The summed E-state index contributed by atoms with van der Waals surface area (Å²) in [5.74, 6) is 0.423. The Labute approximate surface area is 268 Å². The number of aliphatic hydroxyl groups excluding tert-OH is 1. The number of fused-ring (bicyclic) bond motifs is 2. The van der Waals surface area contributed by atoms with E-state index in [2.05, 4.69) is 20.2 Å². The maximum Gasteiger partial charge on any atom is 0.274 e. The van der Waals surface area contributed by atoms with Crippen LogP contribution in [0.4, 0.5) is 5.69 Å². The summed E-state index contributed by atoms with van der Waals surface area (Å²) in [7, 11) is 0. The van der Waals surface area contributed by atoms with Crippen molar-refractivity contribution in [2.24, 2.45) is 0 Å². The molecular weight excluding hydrogens is 584 g/mol. The Kier molecular flexibility index (Phi) is 9.05. The van der Waals surface area contributed by atoms with Gasteiger partial charge in [-0.2, -0.15) is 5.10 Å². The Hall–Kier alpha value is -4.36. The molecule has 6 rings (SSSR count). The van der Waals surface area contributed by atoms with Gasteiger partial charge in [-0.3, -0.25) is 28.7 Å². The topological polar surface area (TPSA) is 122 Å². The van der Waals surface area contributed by atoms with E-state index in [4.69, 9.17) is 14.6 Å². The van der Waals surface area contributed by atoms with Gasteiger partial charge in [-0.05, 0) is 65.0 Å².